The van der Waals surface area contributed by atoms with Crippen molar-refractivity contribution in [2.24, 2.45) is 7.05 Å². The molecule has 0 atom stereocenters. The van der Waals surface area contributed by atoms with Gasteiger partial charge < -0.3 is 5.73 Å². The van der Waals surface area contributed by atoms with Crippen molar-refractivity contribution in [3.8, 4) is 0 Å². The number of sulfonamides is 1. The summed E-state index contributed by atoms with van der Waals surface area (Å²) in [6.45, 7) is 1.76. The maximum absolute atomic E-state index is 12.4. The SMILES string of the molecule is Cc1cc(Br)cc(N)c1NS(=O)(=O)c1c(Br)nnn1C. The van der Waals surface area contributed by atoms with Gasteiger partial charge in [-0.3, -0.25) is 4.72 Å². The van der Waals surface area contributed by atoms with Gasteiger partial charge >= 0.3 is 0 Å². The van der Waals surface area contributed by atoms with Gasteiger partial charge in [-0.2, -0.15) is 8.42 Å². The lowest BCUT2D eigenvalue weighted by molar-refractivity contribution is 0.578. The normalized spacial score (nSPS) is 11.6. The number of aryl methyl sites for hydroxylation is 2. The third-order valence-corrected chi connectivity index (χ3v) is 5.25. The minimum Gasteiger partial charge on any atom is -0.397 e. The largest absolute Gasteiger partial charge is 0.397 e. The Morgan fingerprint density at radius 1 is 1.35 bits per heavy atom. The zero-order valence-corrected chi connectivity index (χ0v) is 14.5. The van der Waals surface area contributed by atoms with Gasteiger partial charge in [-0.15, -0.1) is 5.10 Å². The van der Waals surface area contributed by atoms with Gasteiger partial charge in [0.05, 0.1) is 11.4 Å². The monoisotopic (exact) mass is 423 g/mol. The Bertz CT molecular complexity index is 729. The molecule has 0 bridgehead atoms. The Labute approximate surface area is 132 Å². The first kappa shape index (κ1) is 15.3. The van der Waals surface area contributed by atoms with Crippen molar-refractivity contribution in [1.82, 2.24) is 15.0 Å². The fourth-order valence-corrected chi connectivity index (χ4v) is 4.55. The number of hydrogen-bond acceptors (Lipinski definition) is 5. The molecule has 10 heteroatoms. The van der Waals surface area contributed by atoms with Crippen LogP contribution in [0.3, 0.4) is 0 Å². The van der Waals surface area contributed by atoms with Crippen molar-refractivity contribution in [2.75, 3.05) is 10.5 Å². The highest BCUT2D eigenvalue weighted by molar-refractivity contribution is 9.10. The van der Waals surface area contributed by atoms with E-state index in [0.29, 0.717) is 16.9 Å². The van der Waals surface area contributed by atoms with E-state index in [2.05, 4.69) is 46.9 Å². The molecule has 0 unspecified atom stereocenters. The molecule has 1 aromatic carbocycles. The number of anilines is 2. The molecule has 0 aliphatic rings. The molecule has 1 aromatic heterocycles. The molecule has 0 saturated carbocycles. The maximum Gasteiger partial charge on any atom is 0.282 e. The minimum absolute atomic E-state index is 0.0702. The third kappa shape index (κ3) is 2.81. The molecular formula is C10H11Br2N5O2S. The summed E-state index contributed by atoms with van der Waals surface area (Å²) in [7, 11) is -2.35. The van der Waals surface area contributed by atoms with E-state index in [4.69, 9.17) is 5.73 Å². The second-order valence-corrected chi connectivity index (χ2v) is 7.37. The van der Waals surface area contributed by atoms with Crippen LogP contribution in [0.4, 0.5) is 11.4 Å². The fraction of sp³-hybridized carbons (Fsp3) is 0.200. The van der Waals surface area contributed by atoms with Crippen molar-refractivity contribution in [2.45, 2.75) is 11.9 Å². The summed E-state index contributed by atoms with van der Waals surface area (Å²) in [6.07, 6.45) is 0. The smallest absolute Gasteiger partial charge is 0.282 e. The van der Waals surface area contributed by atoms with Crippen molar-refractivity contribution < 1.29 is 8.42 Å². The van der Waals surface area contributed by atoms with Gasteiger partial charge in [0, 0.05) is 11.5 Å². The van der Waals surface area contributed by atoms with Crippen LogP contribution < -0.4 is 10.5 Å². The molecule has 0 saturated heterocycles. The molecule has 2 aromatic rings. The first-order chi connectivity index (χ1) is 9.22. The van der Waals surface area contributed by atoms with Gasteiger partial charge in [-0.1, -0.05) is 21.1 Å². The van der Waals surface area contributed by atoms with Gasteiger partial charge in [0.2, 0.25) is 5.03 Å². The van der Waals surface area contributed by atoms with Crippen molar-refractivity contribution in [3.63, 3.8) is 0 Å². The van der Waals surface area contributed by atoms with E-state index in [0.717, 1.165) is 9.15 Å². The van der Waals surface area contributed by atoms with Crippen LogP contribution in [0, 0.1) is 6.92 Å². The van der Waals surface area contributed by atoms with E-state index in [-0.39, 0.29) is 9.63 Å². The van der Waals surface area contributed by atoms with E-state index in [1.807, 2.05) is 0 Å². The summed E-state index contributed by atoms with van der Waals surface area (Å²) in [6, 6.07) is 3.39. The highest BCUT2D eigenvalue weighted by Gasteiger charge is 2.25. The van der Waals surface area contributed by atoms with Gasteiger partial charge in [0.1, 0.15) is 0 Å². The van der Waals surface area contributed by atoms with Crippen LogP contribution in [0.25, 0.3) is 0 Å². The first-order valence-electron chi connectivity index (χ1n) is 5.36. The number of aromatic nitrogens is 3. The lowest BCUT2D eigenvalue weighted by atomic mass is 10.2. The van der Waals surface area contributed by atoms with E-state index >= 15 is 0 Å². The Hall–Kier alpha value is -1.13. The number of hydrogen-bond donors (Lipinski definition) is 2. The number of nitrogens with zero attached hydrogens (tertiary/aromatic N) is 3. The number of nitrogens with two attached hydrogens (primary N) is 1. The van der Waals surface area contributed by atoms with Crippen LogP contribution in [0.1, 0.15) is 5.56 Å². The summed E-state index contributed by atoms with van der Waals surface area (Å²) in [4.78, 5) is 0. The standard InChI is InChI=1S/C10H11Br2N5O2S/c1-5-3-6(11)4-7(13)8(5)15-20(18,19)10-9(12)14-16-17(10)2/h3-4,15H,13H2,1-2H3. The topological polar surface area (TPSA) is 103 Å². The van der Waals surface area contributed by atoms with Crippen LogP contribution in [0.2, 0.25) is 0 Å². The van der Waals surface area contributed by atoms with Crippen LogP contribution in [-0.2, 0) is 17.1 Å². The van der Waals surface area contributed by atoms with Gasteiger partial charge in [0.25, 0.3) is 10.0 Å². The minimum atomic E-state index is -3.84. The second-order valence-electron chi connectivity index (χ2n) is 4.10. The molecule has 0 aliphatic heterocycles. The zero-order valence-electron chi connectivity index (χ0n) is 10.6. The summed E-state index contributed by atoms with van der Waals surface area (Å²) in [5.74, 6) is 0. The molecule has 0 fully saturated rings. The molecule has 3 N–H and O–H groups in total. The predicted octanol–water partition coefficient (Wildman–Crippen LogP) is 2.03. The number of nitrogen functional groups attached to an aromatic ring is 1. The quantitative estimate of drug-likeness (QED) is 0.733. The van der Waals surface area contributed by atoms with Crippen LogP contribution in [0.5, 0.6) is 0 Å². The Morgan fingerprint density at radius 3 is 2.50 bits per heavy atom. The average molecular weight is 425 g/mol. The number of rotatable bonds is 3. The lowest BCUT2D eigenvalue weighted by Gasteiger charge is -2.13. The Morgan fingerprint density at radius 2 is 2.00 bits per heavy atom. The summed E-state index contributed by atoms with van der Waals surface area (Å²) < 4.78 is 29.3. The molecule has 7 nitrogen and oxygen atoms in total. The number of halogens is 2. The van der Waals surface area contributed by atoms with Crippen LogP contribution in [-0.4, -0.2) is 23.4 Å². The Kier molecular flexibility index (Phi) is 4.07. The van der Waals surface area contributed by atoms with Crippen molar-refractivity contribution in [1.29, 1.82) is 0 Å². The predicted molar refractivity (Wildman–Crippen MR) is 82.8 cm³/mol. The molecule has 0 amide bonds. The fourth-order valence-electron chi connectivity index (χ4n) is 1.70. The summed E-state index contributed by atoms with van der Waals surface area (Å²) >= 11 is 6.36. The first-order valence-corrected chi connectivity index (χ1v) is 8.43. The summed E-state index contributed by atoms with van der Waals surface area (Å²) in [5, 5.41) is 7.23. The van der Waals surface area contributed by atoms with E-state index in [1.54, 1.807) is 19.1 Å². The second kappa shape index (κ2) is 5.34. The summed E-state index contributed by atoms with van der Waals surface area (Å²) in [5.41, 5.74) is 7.21. The molecular weight excluding hydrogens is 414 g/mol. The van der Waals surface area contributed by atoms with E-state index < -0.39 is 10.0 Å². The number of benzene rings is 1. The van der Waals surface area contributed by atoms with Crippen LogP contribution >= 0.6 is 31.9 Å². The average Bonchev–Trinajstić information content (AvgIpc) is 2.64. The van der Waals surface area contributed by atoms with Gasteiger partial charge in [-0.25, -0.2) is 4.68 Å². The Balaban J connectivity index is 2.50. The van der Waals surface area contributed by atoms with Crippen LogP contribution in [0.15, 0.2) is 26.2 Å². The molecule has 108 valence electrons. The molecule has 0 spiro atoms. The lowest BCUT2D eigenvalue weighted by Crippen LogP contribution is -2.18. The molecule has 0 radical (unpaired) electrons. The van der Waals surface area contributed by atoms with Gasteiger partial charge in [0.15, 0.2) is 4.60 Å². The zero-order chi connectivity index (χ0) is 15.1. The number of nitrogens with one attached hydrogen (secondary N) is 1. The van der Waals surface area contributed by atoms with E-state index in [9.17, 15) is 8.42 Å². The molecule has 20 heavy (non-hydrogen) atoms. The maximum atomic E-state index is 12.4. The molecule has 2 rings (SSSR count). The van der Waals surface area contributed by atoms with Crippen molar-refractivity contribution >= 4 is 53.3 Å². The van der Waals surface area contributed by atoms with E-state index in [1.165, 1.54) is 7.05 Å². The molecule has 0 aliphatic carbocycles. The molecule has 1 heterocycles. The highest BCUT2D eigenvalue weighted by Crippen LogP contribution is 2.30. The third-order valence-electron chi connectivity index (χ3n) is 2.56. The van der Waals surface area contributed by atoms with Crippen molar-refractivity contribution in [3.05, 3.63) is 26.8 Å². The van der Waals surface area contributed by atoms with Gasteiger partial charge in [-0.05, 0) is 40.5 Å². The highest BCUT2D eigenvalue weighted by atomic mass is 79.9.